The highest BCUT2D eigenvalue weighted by Gasteiger charge is 2.18. The lowest BCUT2D eigenvalue weighted by Gasteiger charge is -2.14. The molecule has 0 heterocycles. The van der Waals surface area contributed by atoms with Crippen molar-refractivity contribution in [2.24, 2.45) is 0 Å². The van der Waals surface area contributed by atoms with Crippen LogP contribution >= 0.6 is 0 Å². The zero-order chi connectivity index (χ0) is 20.3. The van der Waals surface area contributed by atoms with E-state index in [0.717, 1.165) is 5.56 Å². The quantitative estimate of drug-likeness (QED) is 0.665. The fraction of sp³-hybridized carbons (Fsp3) is 0.0952. The summed E-state index contributed by atoms with van der Waals surface area (Å²) < 4.78 is 40.8. The smallest absolute Gasteiger partial charge is 0.261 e. The molecule has 7 heteroatoms. The van der Waals surface area contributed by atoms with E-state index in [2.05, 4.69) is 10.0 Å². The molecule has 1 amide bonds. The number of hydrogen-bond acceptors (Lipinski definition) is 3. The maximum Gasteiger partial charge on any atom is 0.261 e. The molecule has 0 saturated carbocycles. The van der Waals surface area contributed by atoms with Crippen LogP contribution in [0.2, 0.25) is 0 Å². The molecular formula is C21H19FN2O3S. The predicted molar refractivity (Wildman–Crippen MR) is 108 cm³/mol. The first kappa shape index (κ1) is 19.6. The molecule has 0 fully saturated rings. The molecule has 0 bridgehead atoms. The number of carbonyl (C=O) groups excluding carboxylic acids is 1. The summed E-state index contributed by atoms with van der Waals surface area (Å²) in [6.45, 7) is 3.53. The first-order valence-electron chi connectivity index (χ1n) is 8.52. The van der Waals surface area contributed by atoms with Crippen LogP contribution in [0.3, 0.4) is 0 Å². The van der Waals surface area contributed by atoms with Gasteiger partial charge in [-0.2, -0.15) is 0 Å². The molecular weight excluding hydrogens is 379 g/mol. The summed E-state index contributed by atoms with van der Waals surface area (Å²) in [7, 11) is -3.78. The molecule has 0 aliphatic heterocycles. The van der Waals surface area contributed by atoms with E-state index in [0.29, 0.717) is 22.5 Å². The molecule has 0 aliphatic rings. The molecule has 3 aromatic rings. The monoisotopic (exact) mass is 398 g/mol. The van der Waals surface area contributed by atoms with Crippen molar-refractivity contribution in [3.63, 3.8) is 0 Å². The van der Waals surface area contributed by atoms with Crippen LogP contribution in [0.15, 0.2) is 71.6 Å². The summed E-state index contributed by atoms with van der Waals surface area (Å²) in [4.78, 5) is 12.7. The maximum absolute atomic E-state index is 13.0. The maximum atomic E-state index is 13.0. The third kappa shape index (κ3) is 4.37. The Kier molecular flexibility index (Phi) is 5.46. The SMILES string of the molecule is Cc1ccc(S(=O)(=O)Nc2cccc(C(=O)Nc3ccc(F)cc3)c2C)cc1. The van der Waals surface area contributed by atoms with Gasteiger partial charge in [0, 0.05) is 11.3 Å². The van der Waals surface area contributed by atoms with Gasteiger partial charge in [0.25, 0.3) is 15.9 Å². The second kappa shape index (κ2) is 7.82. The highest BCUT2D eigenvalue weighted by molar-refractivity contribution is 7.92. The van der Waals surface area contributed by atoms with Crippen LogP contribution in [0.1, 0.15) is 21.5 Å². The van der Waals surface area contributed by atoms with Gasteiger partial charge < -0.3 is 5.32 Å². The first-order valence-corrected chi connectivity index (χ1v) is 10.0. The number of nitrogens with one attached hydrogen (secondary N) is 2. The van der Waals surface area contributed by atoms with Crippen molar-refractivity contribution >= 4 is 27.3 Å². The van der Waals surface area contributed by atoms with Gasteiger partial charge in [-0.05, 0) is 67.9 Å². The number of sulfonamides is 1. The zero-order valence-corrected chi connectivity index (χ0v) is 16.2. The molecule has 0 radical (unpaired) electrons. The number of aryl methyl sites for hydroxylation is 1. The topological polar surface area (TPSA) is 75.3 Å². The average Bonchev–Trinajstić information content (AvgIpc) is 2.65. The van der Waals surface area contributed by atoms with Gasteiger partial charge in [-0.15, -0.1) is 0 Å². The molecule has 144 valence electrons. The van der Waals surface area contributed by atoms with Gasteiger partial charge in [0.05, 0.1) is 10.6 Å². The number of amides is 1. The molecule has 28 heavy (non-hydrogen) atoms. The van der Waals surface area contributed by atoms with Gasteiger partial charge >= 0.3 is 0 Å². The highest BCUT2D eigenvalue weighted by Crippen LogP contribution is 2.23. The molecule has 0 unspecified atom stereocenters. The van der Waals surface area contributed by atoms with Crippen molar-refractivity contribution in [2.45, 2.75) is 18.7 Å². The second-order valence-electron chi connectivity index (χ2n) is 6.36. The van der Waals surface area contributed by atoms with E-state index in [-0.39, 0.29) is 4.90 Å². The summed E-state index contributed by atoms with van der Waals surface area (Å²) in [6.07, 6.45) is 0. The van der Waals surface area contributed by atoms with Crippen molar-refractivity contribution in [2.75, 3.05) is 10.0 Å². The van der Waals surface area contributed by atoms with Crippen LogP contribution in [0.5, 0.6) is 0 Å². The summed E-state index contributed by atoms with van der Waals surface area (Å²) in [6, 6.07) is 16.7. The van der Waals surface area contributed by atoms with Crippen LogP contribution in [0.25, 0.3) is 0 Å². The Hall–Kier alpha value is -3.19. The Balaban J connectivity index is 1.85. The van der Waals surface area contributed by atoms with Crippen LogP contribution in [0, 0.1) is 19.7 Å². The lowest BCUT2D eigenvalue weighted by molar-refractivity contribution is 0.102. The second-order valence-corrected chi connectivity index (χ2v) is 8.04. The summed E-state index contributed by atoms with van der Waals surface area (Å²) >= 11 is 0. The van der Waals surface area contributed by atoms with E-state index in [9.17, 15) is 17.6 Å². The van der Waals surface area contributed by atoms with E-state index in [4.69, 9.17) is 0 Å². The standard InChI is InChI=1S/C21H19FN2O3S/c1-14-6-12-18(13-7-14)28(26,27)24-20-5-3-4-19(15(20)2)21(25)23-17-10-8-16(22)9-11-17/h3-13,24H,1-2H3,(H,23,25). The summed E-state index contributed by atoms with van der Waals surface area (Å²) in [5.74, 6) is -0.817. The van der Waals surface area contributed by atoms with E-state index in [1.807, 2.05) is 6.92 Å². The Morgan fingerprint density at radius 1 is 0.893 bits per heavy atom. The summed E-state index contributed by atoms with van der Waals surface area (Å²) in [5.41, 5.74) is 2.50. The van der Waals surface area contributed by atoms with Gasteiger partial charge in [-0.25, -0.2) is 12.8 Å². The third-order valence-corrected chi connectivity index (χ3v) is 5.64. The van der Waals surface area contributed by atoms with E-state index >= 15 is 0 Å². The number of benzene rings is 3. The van der Waals surface area contributed by atoms with E-state index in [1.165, 1.54) is 36.4 Å². The molecule has 3 aromatic carbocycles. The van der Waals surface area contributed by atoms with Gasteiger partial charge in [0.1, 0.15) is 5.82 Å². The van der Waals surface area contributed by atoms with Crippen molar-refractivity contribution in [3.05, 3.63) is 89.2 Å². The number of anilines is 2. The van der Waals surface area contributed by atoms with E-state index in [1.54, 1.807) is 37.3 Å². The molecule has 0 saturated heterocycles. The lowest BCUT2D eigenvalue weighted by atomic mass is 10.1. The molecule has 0 aliphatic carbocycles. The molecule has 0 spiro atoms. The Morgan fingerprint density at radius 2 is 1.54 bits per heavy atom. The fourth-order valence-corrected chi connectivity index (χ4v) is 3.77. The summed E-state index contributed by atoms with van der Waals surface area (Å²) in [5, 5.41) is 2.67. The van der Waals surface area contributed by atoms with E-state index < -0.39 is 21.7 Å². The third-order valence-electron chi connectivity index (χ3n) is 4.26. The van der Waals surface area contributed by atoms with Crippen molar-refractivity contribution in [3.8, 4) is 0 Å². The minimum absolute atomic E-state index is 0.138. The van der Waals surface area contributed by atoms with Crippen LogP contribution in [-0.4, -0.2) is 14.3 Å². The van der Waals surface area contributed by atoms with Gasteiger partial charge in [-0.3, -0.25) is 9.52 Å². The van der Waals surface area contributed by atoms with Gasteiger partial charge in [0.2, 0.25) is 0 Å². The van der Waals surface area contributed by atoms with Gasteiger partial charge in [0.15, 0.2) is 0 Å². The molecule has 5 nitrogen and oxygen atoms in total. The van der Waals surface area contributed by atoms with Crippen LogP contribution < -0.4 is 10.0 Å². The Bertz CT molecular complexity index is 1110. The average molecular weight is 398 g/mol. The van der Waals surface area contributed by atoms with Crippen molar-refractivity contribution < 1.29 is 17.6 Å². The van der Waals surface area contributed by atoms with Crippen molar-refractivity contribution in [1.29, 1.82) is 0 Å². The molecule has 0 atom stereocenters. The fourth-order valence-electron chi connectivity index (χ4n) is 2.64. The zero-order valence-electron chi connectivity index (χ0n) is 15.4. The Morgan fingerprint density at radius 3 is 2.18 bits per heavy atom. The number of hydrogen-bond donors (Lipinski definition) is 2. The number of halogens is 1. The largest absolute Gasteiger partial charge is 0.322 e. The molecule has 2 N–H and O–H groups in total. The Labute approximate surface area is 163 Å². The van der Waals surface area contributed by atoms with Crippen molar-refractivity contribution in [1.82, 2.24) is 0 Å². The minimum atomic E-state index is -3.78. The van der Waals surface area contributed by atoms with Crippen LogP contribution in [0.4, 0.5) is 15.8 Å². The number of rotatable bonds is 5. The number of carbonyl (C=O) groups is 1. The minimum Gasteiger partial charge on any atom is -0.322 e. The predicted octanol–water partition coefficient (Wildman–Crippen LogP) is 4.50. The van der Waals surface area contributed by atoms with Crippen LogP contribution in [-0.2, 0) is 10.0 Å². The highest BCUT2D eigenvalue weighted by atomic mass is 32.2. The molecule has 0 aromatic heterocycles. The molecule has 3 rings (SSSR count). The van der Waals surface area contributed by atoms with Gasteiger partial charge in [-0.1, -0.05) is 23.8 Å². The lowest BCUT2D eigenvalue weighted by Crippen LogP contribution is -2.17. The normalized spacial score (nSPS) is 11.1. The first-order chi connectivity index (χ1) is 13.3.